The maximum Gasteiger partial charge on any atom is 0.255 e. The Labute approximate surface area is 184 Å². The SMILES string of the molecule is CN1CCCC(N(C)C(=O)c2ccc(NC(=O)c3cccc(N)c3)cc2)C1.Cl.Cl. The number of rotatable bonds is 4. The van der Waals surface area contributed by atoms with E-state index in [0.29, 0.717) is 22.5 Å². The number of hydrogen-bond acceptors (Lipinski definition) is 4. The van der Waals surface area contributed by atoms with E-state index in [0.717, 1.165) is 25.9 Å². The van der Waals surface area contributed by atoms with Gasteiger partial charge < -0.3 is 20.9 Å². The fourth-order valence-corrected chi connectivity index (χ4v) is 3.40. The highest BCUT2D eigenvalue weighted by atomic mass is 35.5. The first kappa shape index (κ1) is 24.8. The van der Waals surface area contributed by atoms with E-state index in [2.05, 4.69) is 17.3 Å². The van der Waals surface area contributed by atoms with Crippen LogP contribution in [0.25, 0.3) is 0 Å². The average Bonchev–Trinajstić information content (AvgIpc) is 2.67. The van der Waals surface area contributed by atoms with Gasteiger partial charge in [0, 0.05) is 42.1 Å². The number of nitrogens with zero attached hydrogens (tertiary/aromatic N) is 2. The van der Waals surface area contributed by atoms with Crippen LogP contribution in [-0.2, 0) is 0 Å². The van der Waals surface area contributed by atoms with Gasteiger partial charge in [0.1, 0.15) is 0 Å². The molecule has 2 aromatic carbocycles. The summed E-state index contributed by atoms with van der Waals surface area (Å²) in [4.78, 5) is 29.1. The maximum absolute atomic E-state index is 12.7. The molecule has 0 saturated carbocycles. The summed E-state index contributed by atoms with van der Waals surface area (Å²) in [5.74, 6) is -0.229. The zero-order chi connectivity index (χ0) is 19.4. The van der Waals surface area contributed by atoms with E-state index < -0.39 is 0 Å². The van der Waals surface area contributed by atoms with Gasteiger partial charge in [-0.1, -0.05) is 6.07 Å². The molecule has 0 bridgehead atoms. The Morgan fingerprint density at radius 2 is 1.79 bits per heavy atom. The van der Waals surface area contributed by atoms with Gasteiger partial charge in [0.05, 0.1) is 0 Å². The van der Waals surface area contributed by atoms with E-state index in [1.807, 2.05) is 11.9 Å². The van der Waals surface area contributed by atoms with Crippen molar-refractivity contribution < 1.29 is 9.59 Å². The Kier molecular flexibility index (Phi) is 9.43. The lowest BCUT2D eigenvalue weighted by atomic mass is 10.0. The molecule has 3 rings (SSSR count). The van der Waals surface area contributed by atoms with Crippen molar-refractivity contribution in [3.8, 4) is 0 Å². The molecule has 0 aromatic heterocycles. The van der Waals surface area contributed by atoms with E-state index >= 15 is 0 Å². The topological polar surface area (TPSA) is 78.7 Å². The molecule has 1 heterocycles. The third-order valence-electron chi connectivity index (χ3n) is 5.01. The zero-order valence-corrected chi connectivity index (χ0v) is 18.3. The number of hydrogen-bond donors (Lipinski definition) is 2. The molecule has 1 saturated heterocycles. The molecule has 2 amide bonds. The monoisotopic (exact) mass is 438 g/mol. The predicted octanol–water partition coefficient (Wildman–Crippen LogP) is 3.53. The number of anilines is 2. The highest BCUT2D eigenvalue weighted by Crippen LogP contribution is 2.18. The number of likely N-dealkylation sites (N-methyl/N-ethyl adjacent to an activating group) is 2. The standard InChI is InChI=1S/C21H26N4O2.2ClH/c1-24-12-4-7-19(14-24)25(2)21(27)15-8-10-18(11-9-15)23-20(26)16-5-3-6-17(22)13-16;;/h3,5-6,8-11,13,19H,4,7,12,14,22H2,1-2H3,(H,23,26);2*1H. The normalized spacial score (nSPS) is 16.1. The third-order valence-corrected chi connectivity index (χ3v) is 5.01. The summed E-state index contributed by atoms with van der Waals surface area (Å²) in [6.07, 6.45) is 2.13. The minimum atomic E-state index is -0.233. The molecule has 0 spiro atoms. The van der Waals surface area contributed by atoms with Gasteiger partial charge >= 0.3 is 0 Å². The smallest absolute Gasteiger partial charge is 0.255 e. The Morgan fingerprint density at radius 1 is 1.10 bits per heavy atom. The van der Waals surface area contributed by atoms with Crippen LogP contribution >= 0.6 is 24.8 Å². The van der Waals surface area contributed by atoms with Gasteiger partial charge in [-0.25, -0.2) is 0 Å². The molecular formula is C21H28Cl2N4O2. The number of nitrogen functional groups attached to an aromatic ring is 1. The van der Waals surface area contributed by atoms with Crippen LogP contribution in [0.3, 0.4) is 0 Å². The minimum Gasteiger partial charge on any atom is -0.399 e. The molecular weight excluding hydrogens is 411 g/mol. The Balaban J connectivity index is 0.00000210. The van der Waals surface area contributed by atoms with Gasteiger partial charge in [-0.05, 0) is 68.9 Å². The van der Waals surface area contributed by atoms with Gasteiger partial charge in [0.25, 0.3) is 11.8 Å². The van der Waals surface area contributed by atoms with Crippen molar-refractivity contribution in [3.05, 3.63) is 59.7 Å². The number of halogens is 2. The van der Waals surface area contributed by atoms with Crippen molar-refractivity contribution >= 4 is 48.0 Å². The lowest BCUT2D eigenvalue weighted by molar-refractivity contribution is 0.0644. The maximum atomic E-state index is 12.7. The van der Waals surface area contributed by atoms with Gasteiger partial charge in [-0.2, -0.15) is 0 Å². The quantitative estimate of drug-likeness (QED) is 0.715. The number of nitrogens with two attached hydrogens (primary N) is 1. The zero-order valence-electron chi connectivity index (χ0n) is 16.6. The van der Waals surface area contributed by atoms with E-state index in [1.54, 1.807) is 48.5 Å². The van der Waals surface area contributed by atoms with E-state index in [-0.39, 0.29) is 42.7 Å². The number of nitrogens with one attached hydrogen (secondary N) is 1. The number of piperidine rings is 1. The van der Waals surface area contributed by atoms with Crippen LogP contribution < -0.4 is 11.1 Å². The summed E-state index contributed by atoms with van der Waals surface area (Å²) >= 11 is 0. The Hall–Kier alpha value is -2.28. The Morgan fingerprint density at radius 3 is 2.41 bits per heavy atom. The van der Waals surface area contributed by atoms with Gasteiger partial charge in [-0.15, -0.1) is 24.8 Å². The molecule has 1 aliphatic heterocycles. The second kappa shape index (κ2) is 11.0. The van der Waals surface area contributed by atoms with Crippen molar-refractivity contribution in [1.29, 1.82) is 0 Å². The molecule has 2 aromatic rings. The molecule has 0 radical (unpaired) electrons. The van der Waals surface area contributed by atoms with Crippen molar-refractivity contribution in [2.24, 2.45) is 0 Å². The summed E-state index contributed by atoms with van der Waals surface area (Å²) in [7, 11) is 3.95. The first-order valence-electron chi connectivity index (χ1n) is 9.16. The van der Waals surface area contributed by atoms with Crippen molar-refractivity contribution in [3.63, 3.8) is 0 Å². The minimum absolute atomic E-state index is 0. The summed E-state index contributed by atoms with van der Waals surface area (Å²) in [5.41, 5.74) is 8.01. The van der Waals surface area contributed by atoms with Crippen LogP contribution in [0.15, 0.2) is 48.5 Å². The van der Waals surface area contributed by atoms with Crippen LogP contribution in [0.5, 0.6) is 0 Å². The lowest BCUT2D eigenvalue weighted by Crippen LogP contribution is -2.47. The summed E-state index contributed by atoms with van der Waals surface area (Å²) in [6.45, 7) is 1.98. The Bertz CT molecular complexity index is 830. The first-order valence-corrected chi connectivity index (χ1v) is 9.16. The molecule has 0 aliphatic carbocycles. The average molecular weight is 439 g/mol. The summed E-state index contributed by atoms with van der Waals surface area (Å²) in [6, 6.07) is 14.0. The van der Waals surface area contributed by atoms with Crippen molar-refractivity contribution in [2.75, 3.05) is 38.2 Å². The molecule has 1 atom stereocenters. The molecule has 1 fully saturated rings. The summed E-state index contributed by atoms with van der Waals surface area (Å²) in [5, 5.41) is 2.82. The first-order chi connectivity index (χ1) is 12.9. The van der Waals surface area contributed by atoms with Crippen LogP contribution in [0.2, 0.25) is 0 Å². The second-order valence-electron chi connectivity index (χ2n) is 7.13. The fourth-order valence-electron chi connectivity index (χ4n) is 3.40. The van der Waals surface area contributed by atoms with Crippen LogP contribution in [0.1, 0.15) is 33.6 Å². The fraction of sp³-hybridized carbons (Fsp3) is 0.333. The van der Waals surface area contributed by atoms with Crippen LogP contribution in [0, 0.1) is 0 Å². The van der Waals surface area contributed by atoms with Crippen molar-refractivity contribution in [1.82, 2.24) is 9.80 Å². The summed E-state index contributed by atoms with van der Waals surface area (Å²) < 4.78 is 0. The van der Waals surface area contributed by atoms with Gasteiger partial charge in [-0.3, -0.25) is 9.59 Å². The molecule has 8 heteroatoms. The van der Waals surface area contributed by atoms with E-state index in [4.69, 9.17) is 5.73 Å². The van der Waals surface area contributed by atoms with Crippen molar-refractivity contribution in [2.45, 2.75) is 18.9 Å². The van der Waals surface area contributed by atoms with Gasteiger partial charge in [0.15, 0.2) is 0 Å². The number of carbonyl (C=O) groups excluding carboxylic acids is 2. The number of carbonyl (C=O) groups is 2. The van der Waals surface area contributed by atoms with Crippen LogP contribution in [0.4, 0.5) is 11.4 Å². The van der Waals surface area contributed by atoms with Gasteiger partial charge in [0.2, 0.25) is 0 Å². The molecule has 6 nitrogen and oxygen atoms in total. The molecule has 3 N–H and O–H groups in total. The highest BCUT2D eigenvalue weighted by molar-refractivity contribution is 6.05. The lowest BCUT2D eigenvalue weighted by Gasteiger charge is -2.35. The predicted molar refractivity (Wildman–Crippen MR) is 122 cm³/mol. The number of benzene rings is 2. The van der Waals surface area contributed by atoms with Crippen LogP contribution in [-0.4, -0.2) is 54.8 Å². The van der Waals surface area contributed by atoms with E-state index in [1.165, 1.54) is 0 Å². The second-order valence-corrected chi connectivity index (χ2v) is 7.13. The van der Waals surface area contributed by atoms with E-state index in [9.17, 15) is 9.59 Å². The molecule has 158 valence electrons. The number of amides is 2. The highest BCUT2D eigenvalue weighted by Gasteiger charge is 2.25. The largest absolute Gasteiger partial charge is 0.399 e. The molecule has 1 unspecified atom stereocenters. The molecule has 1 aliphatic rings. The third kappa shape index (κ3) is 6.35. The molecule has 29 heavy (non-hydrogen) atoms. The number of likely N-dealkylation sites (tertiary alicyclic amines) is 1.